The molecule has 0 amide bonds. The maximum Gasteiger partial charge on any atom is 0.139 e. The Balaban J connectivity index is 1.93. The molecule has 0 aliphatic heterocycles. The molecule has 0 saturated heterocycles. The number of phenols is 1. The molecule has 2 N–H and O–H groups in total. The van der Waals surface area contributed by atoms with Crippen LogP contribution in [0.5, 0.6) is 5.75 Å². The van der Waals surface area contributed by atoms with E-state index in [9.17, 15) is 9.50 Å². The monoisotopic (exact) mass is 349 g/mol. The third-order valence-corrected chi connectivity index (χ3v) is 4.65. The summed E-state index contributed by atoms with van der Waals surface area (Å²) in [4.78, 5) is 0. The van der Waals surface area contributed by atoms with Crippen LogP contribution in [-0.2, 0) is 6.42 Å². The Bertz CT molecular complexity index is 687. The molecule has 21 heavy (non-hydrogen) atoms. The molecule has 1 aliphatic carbocycles. The molecule has 0 bridgehead atoms. The molecular formula is C17H17BrFNO. The molecule has 110 valence electrons. The van der Waals surface area contributed by atoms with Gasteiger partial charge in [0.05, 0.1) is 10.5 Å². The van der Waals surface area contributed by atoms with Crippen LogP contribution in [0.25, 0.3) is 0 Å². The Morgan fingerprint density at radius 2 is 2.10 bits per heavy atom. The molecule has 2 nitrogen and oxygen atoms in total. The second-order valence-electron chi connectivity index (χ2n) is 5.55. The van der Waals surface area contributed by atoms with Crippen molar-refractivity contribution in [1.82, 2.24) is 0 Å². The first-order valence-corrected chi connectivity index (χ1v) is 7.88. The summed E-state index contributed by atoms with van der Waals surface area (Å²) in [6, 6.07) is 8.94. The zero-order valence-electron chi connectivity index (χ0n) is 11.8. The van der Waals surface area contributed by atoms with Crippen molar-refractivity contribution in [2.45, 2.75) is 32.2 Å². The quantitative estimate of drug-likeness (QED) is 0.791. The molecule has 4 heteroatoms. The molecule has 0 saturated carbocycles. The van der Waals surface area contributed by atoms with Crippen LogP contribution < -0.4 is 5.32 Å². The summed E-state index contributed by atoms with van der Waals surface area (Å²) in [5.74, 6) is 0.0104. The molecule has 0 fully saturated rings. The molecule has 1 unspecified atom stereocenters. The summed E-state index contributed by atoms with van der Waals surface area (Å²) in [6.45, 7) is 1.96. The number of aryl methyl sites for hydroxylation is 2. The molecule has 3 rings (SSSR count). The van der Waals surface area contributed by atoms with Crippen LogP contribution in [0, 0.1) is 12.7 Å². The van der Waals surface area contributed by atoms with E-state index in [1.165, 1.54) is 11.6 Å². The Morgan fingerprint density at radius 1 is 1.29 bits per heavy atom. The van der Waals surface area contributed by atoms with Gasteiger partial charge >= 0.3 is 0 Å². The summed E-state index contributed by atoms with van der Waals surface area (Å²) >= 11 is 3.20. The van der Waals surface area contributed by atoms with E-state index >= 15 is 0 Å². The molecule has 1 atom stereocenters. The average molecular weight is 350 g/mol. The summed E-state index contributed by atoms with van der Waals surface area (Å²) in [6.07, 6.45) is 3.10. The first kappa shape index (κ1) is 14.4. The first-order valence-electron chi connectivity index (χ1n) is 7.08. The maximum atomic E-state index is 13.7. The Morgan fingerprint density at radius 3 is 2.90 bits per heavy atom. The highest BCUT2D eigenvalue weighted by molar-refractivity contribution is 9.10. The summed E-state index contributed by atoms with van der Waals surface area (Å²) < 4.78 is 14.2. The van der Waals surface area contributed by atoms with E-state index in [-0.39, 0.29) is 17.6 Å². The molecule has 2 aromatic rings. The van der Waals surface area contributed by atoms with Crippen LogP contribution in [-0.4, -0.2) is 5.11 Å². The van der Waals surface area contributed by atoms with Gasteiger partial charge in [0.15, 0.2) is 0 Å². The molecular weight excluding hydrogens is 333 g/mol. The van der Waals surface area contributed by atoms with Crippen LogP contribution in [0.15, 0.2) is 34.8 Å². The average Bonchev–Trinajstić information content (AvgIpc) is 2.45. The van der Waals surface area contributed by atoms with Gasteiger partial charge in [-0.05, 0) is 83.1 Å². The predicted molar refractivity (Wildman–Crippen MR) is 86.2 cm³/mol. The Labute approximate surface area is 132 Å². The zero-order chi connectivity index (χ0) is 15.0. The van der Waals surface area contributed by atoms with Gasteiger partial charge in [-0.2, -0.15) is 0 Å². The number of benzene rings is 2. The van der Waals surface area contributed by atoms with Crippen molar-refractivity contribution in [2.75, 3.05) is 5.32 Å². The number of halogens is 2. The van der Waals surface area contributed by atoms with E-state index in [0.29, 0.717) is 4.47 Å². The molecule has 0 radical (unpaired) electrons. The van der Waals surface area contributed by atoms with Crippen molar-refractivity contribution in [3.63, 3.8) is 0 Å². The summed E-state index contributed by atoms with van der Waals surface area (Å²) in [5, 5.41) is 13.1. The number of hydrogen-bond donors (Lipinski definition) is 2. The zero-order valence-corrected chi connectivity index (χ0v) is 13.4. The highest BCUT2D eigenvalue weighted by Gasteiger charge is 2.21. The molecule has 0 heterocycles. The predicted octanol–water partition coefficient (Wildman–Crippen LogP) is 5.09. The van der Waals surface area contributed by atoms with E-state index in [1.807, 2.05) is 19.1 Å². The SMILES string of the molecule is Cc1cc(Br)c(F)cc1NC1CCCc2ccc(O)cc21. The number of phenolic OH excluding ortho intramolecular Hbond substituents is 1. The van der Waals surface area contributed by atoms with Crippen molar-refractivity contribution in [3.8, 4) is 5.75 Å². The third-order valence-electron chi connectivity index (χ3n) is 4.04. The molecule has 1 aliphatic rings. The number of fused-ring (bicyclic) bond motifs is 1. The highest BCUT2D eigenvalue weighted by Crippen LogP contribution is 2.36. The van der Waals surface area contributed by atoms with Gasteiger partial charge in [-0.25, -0.2) is 4.39 Å². The maximum absolute atomic E-state index is 13.7. The van der Waals surface area contributed by atoms with E-state index in [0.717, 1.165) is 36.1 Å². The minimum absolute atomic E-state index is 0.111. The van der Waals surface area contributed by atoms with Crippen LogP contribution in [0.2, 0.25) is 0 Å². The van der Waals surface area contributed by atoms with Gasteiger partial charge in [0, 0.05) is 5.69 Å². The molecule has 2 aromatic carbocycles. The fraction of sp³-hybridized carbons (Fsp3) is 0.294. The Kier molecular flexibility index (Phi) is 3.89. The lowest BCUT2D eigenvalue weighted by molar-refractivity contribution is 0.471. The minimum Gasteiger partial charge on any atom is -0.508 e. The lowest BCUT2D eigenvalue weighted by Crippen LogP contribution is -2.18. The van der Waals surface area contributed by atoms with Gasteiger partial charge in [-0.1, -0.05) is 6.07 Å². The Hall–Kier alpha value is -1.55. The van der Waals surface area contributed by atoms with Gasteiger partial charge in [-0.3, -0.25) is 0 Å². The van der Waals surface area contributed by atoms with Gasteiger partial charge in [0.2, 0.25) is 0 Å². The van der Waals surface area contributed by atoms with E-state index < -0.39 is 0 Å². The lowest BCUT2D eigenvalue weighted by Gasteiger charge is -2.28. The smallest absolute Gasteiger partial charge is 0.139 e. The summed E-state index contributed by atoms with van der Waals surface area (Å²) in [5.41, 5.74) is 4.17. The summed E-state index contributed by atoms with van der Waals surface area (Å²) in [7, 11) is 0. The van der Waals surface area contributed by atoms with E-state index in [4.69, 9.17) is 0 Å². The second-order valence-corrected chi connectivity index (χ2v) is 6.41. The van der Waals surface area contributed by atoms with Crippen molar-refractivity contribution in [3.05, 3.63) is 57.3 Å². The lowest BCUT2D eigenvalue weighted by atomic mass is 9.87. The fourth-order valence-corrected chi connectivity index (χ4v) is 3.38. The number of rotatable bonds is 2. The number of aromatic hydroxyl groups is 1. The van der Waals surface area contributed by atoms with Crippen LogP contribution in [0.1, 0.15) is 35.6 Å². The van der Waals surface area contributed by atoms with Crippen LogP contribution >= 0.6 is 15.9 Å². The largest absolute Gasteiger partial charge is 0.508 e. The second kappa shape index (κ2) is 5.68. The molecule has 0 aromatic heterocycles. The van der Waals surface area contributed by atoms with Gasteiger partial charge in [0.1, 0.15) is 11.6 Å². The van der Waals surface area contributed by atoms with Gasteiger partial charge < -0.3 is 10.4 Å². The van der Waals surface area contributed by atoms with Crippen molar-refractivity contribution >= 4 is 21.6 Å². The van der Waals surface area contributed by atoms with Crippen LogP contribution in [0.3, 0.4) is 0 Å². The fourth-order valence-electron chi connectivity index (χ4n) is 2.93. The van der Waals surface area contributed by atoms with Crippen molar-refractivity contribution in [1.29, 1.82) is 0 Å². The van der Waals surface area contributed by atoms with E-state index in [1.54, 1.807) is 12.1 Å². The highest BCUT2D eigenvalue weighted by atomic mass is 79.9. The van der Waals surface area contributed by atoms with Gasteiger partial charge in [0.25, 0.3) is 0 Å². The van der Waals surface area contributed by atoms with Crippen LogP contribution in [0.4, 0.5) is 10.1 Å². The van der Waals surface area contributed by atoms with Gasteiger partial charge in [-0.15, -0.1) is 0 Å². The first-order chi connectivity index (χ1) is 10.0. The number of nitrogens with one attached hydrogen (secondary N) is 1. The molecule has 0 spiro atoms. The minimum atomic E-state index is -0.268. The topological polar surface area (TPSA) is 32.3 Å². The normalized spacial score (nSPS) is 17.4. The number of anilines is 1. The van der Waals surface area contributed by atoms with E-state index in [2.05, 4.69) is 21.2 Å². The third kappa shape index (κ3) is 2.91. The van der Waals surface area contributed by atoms with Crippen molar-refractivity contribution in [2.24, 2.45) is 0 Å². The van der Waals surface area contributed by atoms with Crippen molar-refractivity contribution < 1.29 is 9.50 Å². The standard InChI is InChI=1S/C17H17BrFNO/c1-10-7-14(18)15(19)9-17(10)20-16-4-2-3-11-5-6-12(21)8-13(11)16/h5-9,16,20-21H,2-4H2,1H3. The number of hydrogen-bond acceptors (Lipinski definition) is 2.